The molecule has 0 spiro atoms. The predicted octanol–water partition coefficient (Wildman–Crippen LogP) is 2.39. The minimum absolute atomic E-state index is 0.104. The Morgan fingerprint density at radius 3 is 2.73 bits per heavy atom. The maximum Gasteiger partial charge on any atom is 0.304 e. The second-order valence-electron chi connectivity index (χ2n) is 5.07. The standard InChI is InChI=1S/C12H23NO2/c1-9(3-2-4-10-5-6-10)7-11(13)8-12(14)15/h9-11H,2-8,13H2,1H3,(H,14,15). The number of hydrogen-bond acceptors (Lipinski definition) is 2. The maximum atomic E-state index is 10.4. The van der Waals surface area contributed by atoms with E-state index in [9.17, 15) is 4.79 Å². The van der Waals surface area contributed by atoms with Crippen LogP contribution in [0.15, 0.2) is 0 Å². The first-order valence-electron chi connectivity index (χ1n) is 6.05. The summed E-state index contributed by atoms with van der Waals surface area (Å²) in [5.74, 6) is 0.788. The smallest absolute Gasteiger partial charge is 0.304 e. The average Bonchev–Trinajstić information content (AvgIpc) is 2.85. The second-order valence-corrected chi connectivity index (χ2v) is 5.07. The van der Waals surface area contributed by atoms with Gasteiger partial charge in [-0.2, -0.15) is 0 Å². The quantitative estimate of drug-likeness (QED) is 0.650. The fourth-order valence-electron chi connectivity index (χ4n) is 2.10. The highest BCUT2D eigenvalue weighted by Crippen LogP contribution is 2.34. The van der Waals surface area contributed by atoms with Gasteiger partial charge >= 0.3 is 5.97 Å². The summed E-state index contributed by atoms with van der Waals surface area (Å²) in [6.07, 6.45) is 7.64. The van der Waals surface area contributed by atoms with Gasteiger partial charge < -0.3 is 10.8 Å². The van der Waals surface area contributed by atoms with Crippen molar-refractivity contribution in [2.45, 2.75) is 57.9 Å². The van der Waals surface area contributed by atoms with Gasteiger partial charge in [0.25, 0.3) is 0 Å². The first-order valence-corrected chi connectivity index (χ1v) is 6.05. The number of carboxylic acids is 1. The summed E-state index contributed by atoms with van der Waals surface area (Å²) in [7, 11) is 0. The van der Waals surface area contributed by atoms with Crippen molar-refractivity contribution in [1.82, 2.24) is 0 Å². The lowest BCUT2D eigenvalue weighted by atomic mass is 9.94. The van der Waals surface area contributed by atoms with E-state index in [-0.39, 0.29) is 12.5 Å². The number of rotatable bonds is 8. The zero-order valence-corrected chi connectivity index (χ0v) is 9.61. The van der Waals surface area contributed by atoms with Crippen LogP contribution in [-0.4, -0.2) is 17.1 Å². The van der Waals surface area contributed by atoms with Crippen molar-refractivity contribution >= 4 is 5.97 Å². The molecule has 0 amide bonds. The largest absolute Gasteiger partial charge is 0.481 e. The molecule has 0 heterocycles. The van der Waals surface area contributed by atoms with Gasteiger partial charge in [-0.25, -0.2) is 0 Å². The van der Waals surface area contributed by atoms with Gasteiger partial charge in [0, 0.05) is 6.04 Å². The molecule has 0 bridgehead atoms. The van der Waals surface area contributed by atoms with Crippen molar-refractivity contribution in [1.29, 1.82) is 0 Å². The Kier molecular flexibility index (Phi) is 5.09. The van der Waals surface area contributed by atoms with Crippen LogP contribution in [-0.2, 0) is 4.79 Å². The van der Waals surface area contributed by atoms with E-state index in [0.29, 0.717) is 5.92 Å². The highest BCUT2D eigenvalue weighted by molar-refractivity contribution is 5.67. The summed E-state index contributed by atoms with van der Waals surface area (Å²) in [4.78, 5) is 10.4. The highest BCUT2D eigenvalue weighted by atomic mass is 16.4. The lowest BCUT2D eigenvalue weighted by molar-refractivity contribution is -0.137. The molecule has 1 aliphatic rings. The zero-order valence-electron chi connectivity index (χ0n) is 9.61. The molecule has 1 fully saturated rings. The van der Waals surface area contributed by atoms with Crippen LogP contribution in [0.3, 0.4) is 0 Å². The third kappa shape index (κ3) is 6.50. The van der Waals surface area contributed by atoms with Crippen LogP contribution in [0, 0.1) is 11.8 Å². The monoisotopic (exact) mass is 213 g/mol. The first kappa shape index (κ1) is 12.5. The topological polar surface area (TPSA) is 63.3 Å². The van der Waals surface area contributed by atoms with Crippen LogP contribution < -0.4 is 5.73 Å². The number of nitrogens with two attached hydrogens (primary N) is 1. The molecule has 0 aromatic rings. The molecule has 0 aromatic heterocycles. The summed E-state index contributed by atoms with van der Waals surface area (Å²) < 4.78 is 0. The fraction of sp³-hybridized carbons (Fsp3) is 0.917. The van der Waals surface area contributed by atoms with E-state index in [1.54, 1.807) is 0 Å². The van der Waals surface area contributed by atoms with Gasteiger partial charge in [0.05, 0.1) is 6.42 Å². The normalized spacial score (nSPS) is 19.9. The Hall–Kier alpha value is -0.570. The summed E-state index contributed by atoms with van der Waals surface area (Å²) in [6.45, 7) is 2.18. The van der Waals surface area contributed by atoms with Gasteiger partial charge in [-0.05, 0) is 18.3 Å². The second kappa shape index (κ2) is 6.11. The molecule has 88 valence electrons. The lowest BCUT2D eigenvalue weighted by Gasteiger charge is -2.15. The van der Waals surface area contributed by atoms with E-state index >= 15 is 0 Å². The molecule has 15 heavy (non-hydrogen) atoms. The van der Waals surface area contributed by atoms with E-state index in [4.69, 9.17) is 10.8 Å². The van der Waals surface area contributed by atoms with Crippen LogP contribution in [0.1, 0.15) is 51.9 Å². The van der Waals surface area contributed by atoms with Crippen molar-refractivity contribution < 1.29 is 9.90 Å². The van der Waals surface area contributed by atoms with Crippen molar-refractivity contribution in [2.24, 2.45) is 17.6 Å². The number of aliphatic carboxylic acids is 1. The molecule has 1 saturated carbocycles. The van der Waals surface area contributed by atoms with Crippen molar-refractivity contribution in [3.63, 3.8) is 0 Å². The molecule has 0 saturated heterocycles. The molecule has 3 heteroatoms. The Bertz CT molecular complexity index is 202. The van der Waals surface area contributed by atoms with Crippen molar-refractivity contribution in [3.05, 3.63) is 0 Å². The van der Waals surface area contributed by atoms with Crippen LogP contribution in [0.2, 0.25) is 0 Å². The summed E-state index contributed by atoms with van der Waals surface area (Å²) in [5, 5.41) is 8.57. The van der Waals surface area contributed by atoms with E-state index in [2.05, 4.69) is 6.92 Å². The Balaban J connectivity index is 1.99. The minimum Gasteiger partial charge on any atom is -0.481 e. The molecule has 0 aliphatic heterocycles. The zero-order chi connectivity index (χ0) is 11.3. The average molecular weight is 213 g/mol. The van der Waals surface area contributed by atoms with E-state index < -0.39 is 5.97 Å². The molecule has 2 atom stereocenters. The van der Waals surface area contributed by atoms with Gasteiger partial charge in [0.2, 0.25) is 0 Å². The van der Waals surface area contributed by atoms with Crippen LogP contribution in [0.25, 0.3) is 0 Å². The summed E-state index contributed by atoms with van der Waals surface area (Å²) in [5.41, 5.74) is 5.74. The molecule has 3 nitrogen and oxygen atoms in total. The van der Waals surface area contributed by atoms with E-state index in [1.165, 1.54) is 32.1 Å². The number of carboxylic acid groups (broad SMARTS) is 1. The van der Waals surface area contributed by atoms with Gasteiger partial charge in [0.15, 0.2) is 0 Å². The van der Waals surface area contributed by atoms with Crippen molar-refractivity contribution in [3.8, 4) is 0 Å². The fourth-order valence-corrected chi connectivity index (χ4v) is 2.10. The van der Waals surface area contributed by atoms with Crippen LogP contribution in [0.4, 0.5) is 0 Å². The van der Waals surface area contributed by atoms with Gasteiger partial charge in [-0.3, -0.25) is 4.79 Å². The molecular weight excluding hydrogens is 190 g/mol. The Morgan fingerprint density at radius 1 is 1.53 bits per heavy atom. The number of carbonyl (C=O) groups is 1. The maximum absolute atomic E-state index is 10.4. The molecular formula is C12H23NO2. The first-order chi connectivity index (χ1) is 7.08. The molecule has 0 radical (unpaired) electrons. The lowest BCUT2D eigenvalue weighted by Crippen LogP contribution is -2.25. The Labute approximate surface area is 92.0 Å². The SMILES string of the molecule is CC(CCCC1CC1)CC(N)CC(=O)O. The third-order valence-electron chi connectivity index (χ3n) is 3.15. The van der Waals surface area contributed by atoms with Crippen molar-refractivity contribution in [2.75, 3.05) is 0 Å². The Morgan fingerprint density at radius 2 is 2.20 bits per heavy atom. The summed E-state index contributed by atoms with van der Waals surface area (Å²) >= 11 is 0. The van der Waals surface area contributed by atoms with Gasteiger partial charge in [0.1, 0.15) is 0 Å². The van der Waals surface area contributed by atoms with Gasteiger partial charge in [-0.1, -0.05) is 39.0 Å². The number of hydrogen-bond donors (Lipinski definition) is 2. The predicted molar refractivity (Wildman–Crippen MR) is 60.6 cm³/mol. The molecule has 1 rings (SSSR count). The third-order valence-corrected chi connectivity index (χ3v) is 3.15. The van der Waals surface area contributed by atoms with E-state index in [0.717, 1.165) is 12.3 Å². The minimum atomic E-state index is -0.785. The van der Waals surface area contributed by atoms with Crippen LogP contribution >= 0.6 is 0 Å². The highest BCUT2D eigenvalue weighted by Gasteiger charge is 2.20. The molecule has 1 aliphatic carbocycles. The molecule has 3 N–H and O–H groups in total. The van der Waals surface area contributed by atoms with Gasteiger partial charge in [-0.15, -0.1) is 0 Å². The summed E-state index contributed by atoms with van der Waals surface area (Å²) in [6, 6.07) is -0.168. The van der Waals surface area contributed by atoms with E-state index in [1.807, 2.05) is 0 Å². The van der Waals surface area contributed by atoms with Crippen LogP contribution in [0.5, 0.6) is 0 Å². The molecule has 0 aromatic carbocycles. The molecule has 2 unspecified atom stereocenters.